The molecule has 2 aromatic rings. The van der Waals surface area contributed by atoms with Crippen LogP contribution in [0.15, 0.2) is 36.7 Å². The van der Waals surface area contributed by atoms with Crippen molar-refractivity contribution < 1.29 is 4.79 Å². The van der Waals surface area contributed by atoms with E-state index in [1.54, 1.807) is 0 Å². The molecular formula is C17H21N5O. The predicted molar refractivity (Wildman–Crippen MR) is 91.7 cm³/mol. The summed E-state index contributed by atoms with van der Waals surface area (Å²) in [5.41, 5.74) is 2.95. The van der Waals surface area contributed by atoms with E-state index in [0.29, 0.717) is 18.9 Å². The maximum absolute atomic E-state index is 11.8. The second-order valence-electron chi connectivity index (χ2n) is 5.84. The van der Waals surface area contributed by atoms with E-state index in [-0.39, 0.29) is 5.91 Å². The average Bonchev–Trinajstić information content (AvgIpc) is 3.00. The molecular weight excluding hydrogens is 290 g/mol. The number of carbonyl (C=O) groups excluding carboxylic acids is 1. The van der Waals surface area contributed by atoms with Crippen molar-refractivity contribution in [2.24, 2.45) is 0 Å². The van der Waals surface area contributed by atoms with E-state index < -0.39 is 0 Å². The van der Waals surface area contributed by atoms with Crippen LogP contribution in [-0.2, 0) is 11.3 Å². The molecule has 0 aliphatic carbocycles. The molecule has 6 heteroatoms. The lowest BCUT2D eigenvalue weighted by molar-refractivity contribution is -0.117. The zero-order valence-electron chi connectivity index (χ0n) is 13.5. The minimum atomic E-state index is 0.204. The van der Waals surface area contributed by atoms with Crippen molar-refractivity contribution in [2.45, 2.75) is 19.4 Å². The van der Waals surface area contributed by atoms with Crippen LogP contribution in [0.4, 0.5) is 17.3 Å². The summed E-state index contributed by atoms with van der Waals surface area (Å²) in [6, 6.07) is 7.95. The zero-order valence-corrected chi connectivity index (χ0v) is 13.5. The van der Waals surface area contributed by atoms with Gasteiger partial charge in [-0.25, -0.2) is 9.97 Å². The summed E-state index contributed by atoms with van der Waals surface area (Å²) in [4.78, 5) is 24.2. The van der Waals surface area contributed by atoms with Gasteiger partial charge in [0, 0.05) is 62.9 Å². The van der Waals surface area contributed by atoms with E-state index in [9.17, 15) is 4.79 Å². The molecule has 2 heterocycles. The minimum absolute atomic E-state index is 0.204. The number of rotatable bonds is 5. The van der Waals surface area contributed by atoms with Crippen molar-refractivity contribution in [2.75, 3.05) is 35.8 Å². The van der Waals surface area contributed by atoms with Crippen molar-refractivity contribution in [3.05, 3.63) is 42.2 Å². The van der Waals surface area contributed by atoms with Crippen LogP contribution in [0.5, 0.6) is 0 Å². The number of aromatic nitrogens is 2. The van der Waals surface area contributed by atoms with Gasteiger partial charge in [-0.3, -0.25) is 4.79 Å². The molecule has 1 aromatic carbocycles. The first-order chi connectivity index (χ1) is 11.1. The molecule has 0 radical (unpaired) electrons. The molecule has 1 amide bonds. The first kappa shape index (κ1) is 15.3. The van der Waals surface area contributed by atoms with Gasteiger partial charge in [-0.15, -0.1) is 0 Å². The molecule has 0 saturated carbocycles. The first-order valence-corrected chi connectivity index (χ1v) is 7.76. The minimum Gasteiger partial charge on any atom is -0.381 e. The molecule has 0 atom stereocenters. The number of anilines is 3. The SMILES string of the molecule is CN(C)c1ncc(CNc2cccc(N3CCCC3=O)c2)cn1. The summed E-state index contributed by atoms with van der Waals surface area (Å²) in [5, 5.41) is 3.36. The second-order valence-corrected chi connectivity index (χ2v) is 5.84. The van der Waals surface area contributed by atoms with E-state index in [1.807, 2.05) is 60.6 Å². The Kier molecular flexibility index (Phi) is 4.41. The summed E-state index contributed by atoms with van der Waals surface area (Å²) in [6.45, 7) is 1.45. The van der Waals surface area contributed by atoms with Gasteiger partial charge in [-0.1, -0.05) is 6.07 Å². The summed E-state index contributed by atoms with van der Waals surface area (Å²) in [6.07, 6.45) is 5.23. The number of nitrogens with one attached hydrogen (secondary N) is 1. The zero-order chi connectivity index (χ0) is 16.2. The molecule has 3 rings (SSSR count). The highest BCUT2D eigenvalue weighted by Gasteiger charge is 2.21. The largest absolute Gasteiger partial charge is 0.381 e. The Balaban J connectivity index is 1.65. The van der Waals surface area contributed by atoms with Gasteiger partial charge in [0.15, 0.2) is 0 Å². The molecule has 23 heavy (non-hydrogen) atoms. The van der Waals surface area contributed by atoms with Crippen LogP contribution in [-0.4, -0.2) is 36.5 Å². The molecule has 1 N–H and O–H groups in total. The number of nitrogens with zero attached hydrogens (tertiary/aromatic N) is 4. The Morgan fingerprint density at radius 2 is 2.04 bits per heavy atom. The third-order valence-corrected chi connectivity index (χ3v) is 3.82. The predicted octanol–water partition coefficient (Wildman–Crippen LogP) is 2.28. The van der Waals surface area contributed by atoms with Gasteiger partial charge in [0.05, 0.1) is 0 Å². The topological polar surface area (TPSA) is 61.4 Å². The Hall–Kier alpha value is -2.63. The second kappa shape index (κ2) is 6.64. The van der Waals surface area contributed by atoms with E-state index in [0.717, 1.165) is 29.9 Å². The van der Waals surface area contributed by atoms with Gasteiger partial charge < -0.3 is 15.1 Å². The molecule has 1 aliphatic rings. The van der Waals surface area contributed by atoms with Gasteiger partial charge >= 0.3 is 0 Å². The Labute approximate surface area is 136 Å². The third-order valence-electron chi connectivity index (χ3n) is 3.82. The summed E-state index contributed by atoms with van der Waals surface area (Å²) < 4.78 is 0. The molecule has 1 aromatic heterocycles. The fraction of sp³-hybridized carbons (Fsp3) is 0.353. The van der Waals surface area contributed by atoms with E-state index in [2.05, 4.69) is 15.3 Å². The summed E-state index contributed by atoms with van der Waals surface area (Å²) in [7, 11) is 3.83. The monoisotopic (exact) mass is 311 g/mol. The van der Waals surface area contributed by atoms with Crippen molar-refractivity contribution >= 4 is 23.2 Å². The third kappa shape index (κ3) is 3.59. The maximum atomic E-state index is 11.8. The Morgan fingerprint density at radius 1 is 1.26 bits per heavy atom. The fourth-order valence-electron chi connectivity index (χ4n) is 2.58. The highest BCUT2D eigenvalue weighted by molar-refractivity contribution is 5.95. The van der Waals surface area contributed by atoms with E-state index in [1.165, 1.54) is 0 Å². The van der Waals surface area contributed by atoms with E-state index >= 15 is 0 Å². The number of hydrogen-bond acceptors (Lipinski definition) is 5. The van der Waals surface area contributed by atoms with Gasteiger partial charge in [0.1, 0.15) is 0 Å². The van der Waals surface area contributed by atoms with Crippen LogP contribution in [0.3, 0.4) is 0 Å². The van der Waals surface area contributed by atoms with Crippen molar-refractivity contribution in [1.82, 2.24) is 9.97 Å². The molecule has 0 spiro atoms. The van der Waals surface area contributed by atoms with Crippen LogP contribution < -0.4 is 15.1 Å². The number of benzene rings is 1. The average molecular weight is 311 g/mol. The summed E-state index contributed by atoms with van der Waals surface area (Å²) in [5.74, 6) is 0.901. The molecule has 1 aliphatic heterocycles. The van der Waals surface area contributed by atoms with Gasteiger partial charge in [0.2, 0.25) is 11.9 Å². The van der Waals surface area contributed by atoms with Crippen LogP contribution in [0.1, 0.15) is 18.4 Å². The number of hydrogen-bond donors (Lipinski definition) is 1. The molecule has 6 nitrogen and oxygen atoms in total. The van der Waals surface area contributed by atoms with Crippen LogP contribution in [0.2, 0.25) is 0 Å². The maximum Gasteiger partial charge on any atom is 0.227 e. The normalized spacial score (nSPS) is 14.2. The van der Waals surface area contributed by atoms with Gasteiger partial charge in [-0.2, -0.15) is 0 Å². The lowest BCUT2D eigenvalue weighted by atomic mass is 10.2. The highest BCUT2D eigenvalue weighted by Crippen LogP contribution is 2.24. The number of amides is 1. The molecule has 120 valence electrons. The van der Waals surface area contributed by atoms with E-state index in [4.69, 9.17) is 0 Å². The van der Waals surface area contributed by atoms with Gasteiger partial charge in [-0.05, 0) is 24.6 Å². The van der Waals surface area contributed by atoms with Crippen molar-refractivity contribution in [1.29, 1.82) is 0 Å². The number of carbonyl (C=O) groups is 1. The Morgan fingerprint density at radius 3 is 2.70 bits per heavy atom. The molecule has 1 fully saturated rings. The van der Waals surface area contributed by atoms with Crippen LogP contribution in [0, 0.1) is 0 Å². The van der Waals surface area contributed by atoms with Crippen LogP contribution in [0.25, 0.3) is 0 Å². The quantitative estimate of drug-likeness (QED) is 0.918. The molecule has 1 saturated heterocycles. The molecule has 0 bridgehead atoms. The summed E-state index contributed by atoms with van der Waals surface area (Å²) >= 11 is 0. The molecule has 0 unspecified atom stereocenters. The highest BCUT2D eigenvalue weighted by atomic mass is 16.2. The van der Waals surface area contributed by atoms with Gasteiger partial charge in [0.25, 0.3) is 0 Å². The fourth-order valence-corrected chi connectivity index (χ4v) is 2.58. The lowest BCUT2D eigenvalue weighted by Crippen LogP contribution is -2.23. The standard InChI is InChI=1S/C17H21N5O/c1-21(2)17-19-11-13(12-20-17)10-18-14-5-3-6-15(9-14)22-8-4-7-16(22)23/h3,5-6,9,11-12,18H,4,7-8,10H2,1-2H3. The lowest BCUT2D eigenvalue weighted by Gasteiger charge is -2.17. The van der Waals surface area contributed by atoms with Crippen molar-refractivity contribution in [3.8, 4) is 0 Å². The van der Waals surface area contributed by atoms with Crippen molar-refractivity contribution in [3.63, 3.8) is 0 Å². The smallest absolute Gasteiger partial charge is 0.227 e. The Bertz CT molecular complexity index is 684. The first-order valence-electron chi connectivity index (χ1n) is 7.76. The van der Waals surface area contributed by atoms with Crippen LogP contribution >= 0.6 is 0 Å².